The van der Waals surface area contributed by atoms with Gasteiger partial charge < -0.3 is 0 Å². The maximum atomic E-state index is 14.1. The third kappa shape index (κ3) is 3.07. The van der Waals surface area contributed by atoms with Crippen molar-refractivity contribution in [2.24, 2.45) is 0 Å². The van der Waals surface area contributed by atoms with Crippen LogP contribution in [-0.2, 0) is 12.8 Å². The maximum Gasteiger partial charge on any atom is 0.142 e. The van der Waals surface area contributed by atoms with Gasteiger partial charge in [-0.05, 0) is 51.5 Å². The number of halogens is 3. The molecule has 0 spiro atoms. The van der Waals surface area contributed by atoms with Crippen molar-refractivity contribution in [1.29, 1.82) is 0 Å². The van der Waals surface area contributed by atoms with Crippen LogP contribution in [0, 0.1) is 5.82 Å². The number of rotatable bonds is 4. The van der Waals surface area contributed by atoms with Crippen molar-refractivity contribution in [2.75, 3.05) is 0 Å². The van der Waals surface area contributed by atoms with Crippen LogP contribution in [0.1, 0.15) is 41.5 Å². The van der Waals surface area contributed by atoms with E-state index in [2.05, 4.69) is 41.9 Å². The van der Waals surface area contributed by atoms with Crippen LogP contribution in [0.4, 0.5) is 4.39 Å². The van der Waals surface area contributed by atoms with Crippen molar-refractivity contribution in [1.82, 2.24) is 0 Å². The van der Waals surface area contributed by atoms with Gasteiger partial charge in [0, 0.05) is 5.56 Å². The van der Waals surface area contributed by atoms with Crippen molar-refractivity contribution in [2.45, 2.75) is 32.1 Å². The van der Waals surface area contributed by atoms with Gasteiger partial charge in [0.2, 0.25) is 0 Å². The van der Waals surface area contributed by atoms with E-state index in [9.17, 15) is 4.39 Å². The van der Waals surface area contributed by atoms with E-state index < -0.39 is 5.38 Å². The number of hydrogen-bond donors (Lipinski definition) is 0. The molecular weight excluding hydrogens is 339 g/mol. The summed E-state index contributed by atoms with van der Waals surface area (Å²) in [6.07, 6.45) is 1.96. The average molecular weight is 356 g/mol. The largest absolute Gasteiger partial charge is 0.205 e. The summed E-state index contributed by atoms with van der Waals surface area (Å²) < 4.78 is 14.6. The zero-order chi connectivity index (χ0) is 14.7. The predicted octanol–water partition coefficient (Wildman–Crippen LogP) is 6.04. The van der Waals surface area contributed by atoms with Crippen LogP contribution >= 0.6 is 27.5 Å². The van der Waals surface area contributed by atoms with Crippen LogP contribution in [0.5, 0.6) is 0 Å². The first-order valence-corrected chi connectivity index (χ1v) is 8.01. The van der Waals surface area contributed by atoms with Gasteiger partial charge >= 0.3 is 0 Å². The zero-order valence-electron chi connectivity index (χ0n) is 11.6. The monoisotopic (exact) mass is 354 g/mol. The van der Waals surface area contributed by atoms with E-state index in [0.717, 1.165) is 18.4 Å². The lowest BCUT2D eigenvalue weighted by Crippen LogP contribution is -2.00. The Labute approximate surface area is 133 Å². The van der Waals surface area contributed by atoms with Crippen molar-refractivity contribution >= 4 is 27.5 Å². The Balaban J connectivity index is 2.43. The summed E-state index contributed by atoms with van der Waals surface area (Å²) in [7, 11) is 0. The summed E-state index contributed by atoms with van der Waals surface area (Å²) in [5, 5.41) is -0.469. The van der Waals surface area contributed by atoms with Crippen molar-refractivity contribution in [3.8, 4) is 0 Å². The van der Waals surface area contributed by atoms with Crippen molar-refractivity contribution in [3.05, 3.63) is 68.9 Å². The van der Waals surface area contributed by atoms with E-state index in [4.69, 9.17) is 11.6 Å². The molecule has 0 saturated carbocycles. The second-order valence-corrected chi connectivity index (χ2v) is 6.03. The molecule has 0 heterocycles. The first-order valence-electron chi connectivity index (χ1n) is 6.78. The van der Waals surface area contributed by atoms with Crippen molar-refractivity contribution in [3.63, 3.8) is 0 Å². The molecule has 0 aliphatic carbocycles. The summed E-state index contributed by atoms with van der Waals surface area (Å²) in [6.45, 7) is 4.27. The smallest absolute Gasteiger partial charge is 0.142 e. The molecule has 106 valence electrons. The van der Waals surface area contributed by atoms with E-state index in [-0.39, 0.29) is 5.82 Å². The molecule has 0 bridgehead atoms. The molecule has 2 rings (SSSR count). The number of aryl methyl sites for hydroxylation is 2. The van der Waals surface area contributed by atoms with E-state index >= 15 is 0 Å². The van der Waals surface area contributed by atoms with Crippen LogP contribution in [0.25, 0.3) is 0 Å². The average Bonchev–Trinajstić information content (AvgIpc) is 2.48. The molecule has 0 aromatic heterocycles. The van der Waals surface area contributed by atoms with Gasteiger partial charge in [-0.15, -0.1) is 11.6 Å². The first-order chi connectivity index (χ1) is 9.58. The first kappa shape index (κ1) is 15.5. The number of hydrogen-bond acceptors (Lipinski definition) is 0. The molecule has 0 radical (unpaired) electrons. The molecule has 0 aliphatic rings. The molecule has 20 heavy (non-hydrogen) atoms. The molecule has 0 nitrogen and oxygen atoms in total. The summed E-state index contributed by atoms with van der Waals surface area (Å²) in [6, 6.07) is 11.4. The van der Waals surface area contributed by atoms with Gasteiger partial charge in [0.1, 0.15) is 5.82 Å². The summed E-state index contributed by atoms with van der Waals surface area (Å²) >= 11 is 9.68. The second-order valence-electron chi connectivity index (χ2n) is 4.74. The lowest BCUT2D eigenvalue weighted by atomic mass is 9.96. The Morgan fingerprint density at radius 1 is 1.10 bits per heavy atom. The fraction of sp³-hybridized carbons (Fsp3) is 0.294. The Hall–Kier alpha value is -0.860. The minimum atomic E-state index is -0.469. The highest BCUT2D eigenvalue weighted by molar-refractivity contribution is 9.10. The van der Waals surface area contributed by atoms with Gasteiger partial charge in [-0.25, -0.2) is 4.39 Å². The SMILES string of the molecule is CCc1ccc(C(Cl)c2cccc(Br)c2F)cc1CC. The highest BCUT2D eigenvalue weighted by Crippen LogP contribution is 2.34. The molecule has 0 aliphatic heterocycles. The minimum absolute atomic E-state index is 0.287. The topological polar surface area (TPSA) is 0 Å². The Kier molecular flexibility index (Phi) is 5.22. The molecule has 2 aromatic rings. The van der Waals surface area contributed by atoms with Crippen LogP contribution in [-0.4, -0.2) is 0 Å². The number of alkyl halides is 1. The molecule has 0 fully saturated rings. The summed E-state index contributed by atoms with van der Waals surface area (Å²) in [4.78, 5) is 0. The highest BCUT2D eigenvalue weighted by Gasteiger charge is 2.17. The second kappa shape index (κ2) is 6.73. The lowest BCUT2D eigenvalue weighted by Gasteiger charge is -2.15. The predicted molar refractivity (Wildman–Crippen MR) is 87.0 cm³/mol. The van der Waals surface area contributed by atoms with Gasteiger partial charge in [0.05, 0.1) is 9.85 Å². The normalized spacial score (nSPS) is 12.4. The standard InChI is InChI=1S/C17H17BrClF/c1-3-11-8-9-13(10-12(11)4-2)16(19)14-6-5-7-15(18)17(14)20/h5-10,16H,3-4H2,1-2H3. The van der Waals surface area contributed by atoms with Crippen LogP contribution < -0.4 is 0 Å². The van der Waals surface area contributed by atoms with Gasteiger partial charge in [-0.3, -0.25) is 0 Å². The molecule has 3 heteroatoms. The van der Waals surface area contributed by atoms with E-state index in [1.165, 1.54) is 11.1 Å². The minimum Gasteiger partial charge on any atom is -0.205 e. The highest BCUT2D eigenvalue weighted by atomic mass is 79.9. The van der Waals surface area contributed by atoms with Crippen LogP contribution in [0.15, 0.2) is 40.9 Å². The molecule has 0 saturated heterocycles. The van der Waals surface area contributed by atoms with E-state index in [0.29, 0.717) is 10.0 Å². The number of benzene rings is 2. The van der Waals surface area contributed by atoms with Crippen molar-refractivity contribution < 1.29 is 4.39 Å². The third-order valence-corrected chi connectivity index (χ3v) is 4.64. The molecule has 0 amide bonds. The summed E-state index contributed by atoms with van der Waals surface area (Å²) in [5.74, 6) is -0.287. The van der Waals surface area contributed by atoms with Gasteiger partial charge in [-0.1, -0.05) is 44.2 Å². The fourth-order valence-electron chi connectivity index (χ4n) is 2.37. The molecule has 2 aromatic carbocycles. The van der Waals surface area contributed by atoms with Gasteiger partial charge in [-0.2, -0.15) is 0 Å². The molecular formula is C17H17BrClF. The van der Waals surface area contributed by atoms with Crippen LogP contribution in [0.3, 0.4) is 0 Å². The molecule has 0 N–H and O–H groups in total. The van der Waals surface area contributed by atoms with E-state index in [1.54, 1.807) is 18.2 Å². The van der Waals surface area contributed by atoms with E-state index in [1.807, 2.05) is 6.07 Å². The fourth-order valence-corrected chi connectivity index (χ4v) is 3.06. The zero-order valence-corrected chi connectivity index (χ0v) is 13.9. The van der Waals surface area contributed by atoms with Gasteiger partial charge in [0.15, 0.2) is 0 Å². The Morgan fingerprint density at radius 2 is 1.80 bits per heavy atom. The quantitative estimate of drug-likeness (QED) is 0.586. The molecule has 1 unspecified atom stereocenters. The Bertz CT molecular complexity index is 610. The lowest BCUT2D eigenvalue weighted by molar-refractivity contribution is 0.605. The Morgan fingerprint density at radius 3 is 2.45 bits per heavy atom. The third-order valence-electron chi connectivity index (χ3n) is 3.54. The summed E-state index contributed by atoms with van der Waals surface area (Å²) in [5.41, 5.74) is 4.06. The molecule has 1 atom stereocenters. The van der Waals surface area contributed by atoms with Crippen LogP contribution in [0.2, 0.25) is 0 Å². The maximum absolute atomic E-state index is 14.1. The van der Waals surface area contributed by atoms with Gasteiger partial charge in [0.25, 0.3) is 0 Å².